The van der Waals surface area contributed by atoms with Gasteiger partial charge in [-0.1, -0.05) is 36.8 Å². The number of rotatable bonds is 5. The summed E-state index contributed by atoms with van der Waals surface area (Å²) in [5.74, 6) is 1.73. The first kappa shape index (κ1) is 18.3. The van der Waals surface area contributed by atoms with Crippen LogP contribution in [0.15, 0.2) is 54.6 Å². The van der Waals surface area contributed by atoms with Crippen molar-refractivity contribution in [2.24, 2.45) is 17.6 Å². The highest BCUT2D eigenvalue weighted by atomic mass is 35.5. The smallest absolute Gasteiger partial charge is 0.227 e. The van der Waals surface area contributed by atoms with Gasteiger partial charge in [0.1, 0.15) is 5.75 Å². The Kier molecular flexibility index (Phi) is 6.64. The Bertz CT molecular complexity index is 663. The van der Waals surface area contributed by atoms with Crippen LogP contribution in [0, 0.1) is 11.8 Å². The quantitative estimate of drug-likeness (QED) is 0.852. The van der Waals surface area contributed by atoms with Gasteiger partial charge in [-0.3, -0.25) is 4.79 Å². The van der Waals surface area contributed by atoms with Crippen LogP contribution >= 0.6 is 12.4 Å². The molecule has 0 unspecified atom stereocenters. The number of hydrogen-bond donors (Lipinski definition) is 2. The molecule has 0 bridgehead atoms. The van der Waals surface area contributed by atoms with Crippen molar-refractivity contribution in [3.63, 3.8) is 0 Å². The molecule has 1 saturated carbocycles. The van der Waals surface area contributed by atoms with Gasteiger partial charge >= 0.3 is 0 Å². The second-order valence-electron chi connectivity index (χ2n) is 5.93. The molecular formula is C19H23ClN2O2. The summed E-state index contributed by atoms with van der Waals surface area (Å²) in [5, 5.41) is 3.02. The predicted molar refractivity (Wildman–Crippen MR) is 98.7 cm³/mol. The average Bonchev–Trinajstić information content (AvgIpc) is 3.06. The maximum absolute atomic E-state index is 12.6. The summed E-state index contributed by atoms with van der Waals surface area (Å²) in [7, 11) is 0. The van der Waals surface area contributed by atoms with Crippen LogP contribution in [0.1, 0.15) is 19.3 Å². The number of nitrogens with one attached hydrogen (secondary N) is 1. The van der Waals surface area contributed by atoms with E-state index in [1.807, 2.05) is 54.6 Å². The Morgan fingerprint density at radius 3 is 2.54 bits per heavy atom. The summed E-state index contributed by atoms with van der Waals surface area (Å²) in [6.07, 6.45) is 3.02. The molecule has 0 saturated heterocycles. The summed E-state index contributed by atoms with van der Waals surface area (Å²) >= 11 is 0. The van der Waals surface area contributed by atoms with Gasteiger partial charge in [-0.15, -0.1) is 12.4 Å². The van der Waals surface area contributed by atoms with Crippen molar-refractivity contribution in [2.75, 3.05) is 11.9 Å². The number of hydrogen-bond acceptors (Lipinski definition) is 3. The molecule has 1 fully saturated rings. The van der Waals surface area contributed by atoms with E-state index < -0.39 is 0 Å². The van der Waals surface area contributed by atoms with Crippen molar-refractivity contribution in [2.45, 2.75) is 19.3 Å². The Morgan fingerprint density at radius 1 is 1.08 bits per heavy atom. The van der Waals surface area contributed by atoms with Crippen LogP contribution in [0.25, 0.3) is 0 Å². The van der Waals surface area contributed by atoms with Crippen molar-refractivity contribution in [1.29, 1.82) is 0 Å². The van der Waals surface area contributed by atoms with Gasteiger partial charge < -0.3 is 15.8 Å². The standard InChI is InChI=1S/C19H22N2O2.ClH/c20-13-14-7-6-10-16(14)19(22)21-17-11-4-5-12-18(17)23-15-8-2-1-3-9-15;/h1-5,8-9,11-12,14,16H,6-7,10,13,20H2,(H,21,22);1H/t14-,16-;/m1./s1. The molecule has 3 N–H and O–H groups in total. The molecule has 4 nitrogen and oxygen atoms in total. The second kappa shape index (κ2) is 8.71. The fourth-order valence-corrected chi connectivity index (χ4v) is 3.16. The maximum atomic E-state index is 12.6. The minimum absolute atomic E-state index is 0. The van der Waals surface area contributed by atoms with Gasteiger partial charge in [-0.25, -0.2) is 0 Å². The first-order chi connectivity index (χ1) is 11.3. The van der Waals surface area contributed by atoms with Crippen LogP contribution in [-0.2, 0) is 4.79 Å². The van der Waals surface area contributed by atoms with E-state index >= 15 is 0 Å². The first-order valence-electron chi connectivity index (χ1n) is 8.11. The van der Waals surface area contributed by atoms with Gasteiger partial charge in [0.15, 0.2) is 5.75 Å². The van der Waals surface area contributed by atoms with Gasteiger partial charge in [0, 0.05) is 5.92 Å². The van der Waals surface area contributed by atoms with Crippen molar-refractivity contribution >= 4 is 24.0 Å². The van der Waals surface area contributed by atoms with Crippen molar-refractivity contribution in [3.8, 4) is 11.5 Å². The Morgan fingerprint density at radius 2 is 1.79 bits per heavy atom. The van der Waals surface area contributed by atoms with Gasteiger partial charge in [0.2, 0.25) is 5.91 Å². The van der Waals surface area contributed by atoms with Crippen LogP contribution < -0.4 is 15.8 Å². The topological polar surface area (TPSA) is 64.4 Å². The molecule has 1 aliphatic carbocycles. The molecular weight excluding hydrogens is 324 g/mol. The zero-order valence-corrected chi connectivity index (χ0v) is 14.3. The monoisotopic (exact) mass is 346 g/mol. The highest BCUT2D eigenvalue weighted by molar-refractivity contribution is 5.94. The van der Waals surface area contributed by atoms with E-state index in [-0.39, 0.29) is 30.2 Å². The van der Waals surface area contributed by atoms with E-state index in [0.717, 1.165) is 25.0 Å². The van der Waals surface area contributed by atoms with Crippen molar-refractivity contribution in [1.82, 2.24) is 0 Å². The highest BCUT2D eigenvalue weighted by Gasteiger charge is 2.32. The zero-order valence-electron chi connectivity index (χ0n) is 13.5. The van der Waals surface area contributed by atoms with Crippen LogP contribution in [0.5, 0.6) is 11.5 Å². The van der Waals surface area contributed by atoms with E-state index in [4.69, 9.17) is 10.5 Å². The van der Waals surface area contributed by atoms with Gasteiger partial charge in [-0.2, -0.15) is 0 Å². The fraction of sp³-hybridized carbons (Fsp3) is 0.316. The van der Waals surface area contributed by atoms with Gasteiger partial charge in [-0.05, 0) is 49.6 Å². The second-order valence-corrected chi connectivity index (χ2v) is 5.93. The minimum Gasteiger partial charge on any atom is -0.455 e. The molecule has 0 radical (unpaired) electrons. The van der Waals surface area contributed by atoms with E-state index in [0.29, 0.717) is 18.0 Å². The average molecular weight is 347 g/mol. The number of anilines is 1. The number of carbonyl (C=O) groups is 1. The number of amides is 1. The summed E-state index contributed by atoms with van der Waals surface area (Å²) in [4.78, 5) is 12.6. The fourth-order valence-electron chi connectivity index (χ4n) is 3.16. The van der Waals surface area contributed by atoms with E-state index in [9.17, 15) is 4.79 Å². The molecule has 24 heavy (non-hydrogen) atoms. The number of carbonyl (C=O) groups excluding carboxylic acids is 1. The molecule has 1 aliphatic rings. The van der Waals surface area contributed by atoms with Crippen molar-refractivity contribution < 1.29 is 9.53 Å². The number of benzene rings is 2. The number of para-hydroxylation sites is 3. The third kappa shape index (κ3) is 4.28. The molecule has 0 heterocycles. The summed E-state index contributed by atoms with van der Waals surface area (Å²) in [6.45, 7) is 0.570. The molecule has 0 aromatic heterocycles. The van der Waals surface area contributed by atoms with E-state index in [1.165, 1.54) is 0 Å². The SMILES string of the molecule is Cl.NC[C@H]1CCC[C@H]1C(=O)Nc1ccccc1Oc1ccccc1. The van der Waals surface area contributed by atoms with Crippen LogP contribution in [-0.4, -0.2) is 12.5 Å². The molecule has 1 amide bonds. The summed E-state index contributed by atoms with van der Waals surface area (Å²) in [5.41, 5.74) is 6.48. The third-order valence-electron chi connectivity index (χ3n) is 4.41. The number of ether oxygens (including phenoxy) is 1. The normalized spacial score (nSPS) is 19.4. The largest absolute Gasteiger partial charge is 0.455 e. The Balaban J connectivity index is 0.00000208. The Hall–Kier alpha value is -2.04. The Labute approximate surface area is 148 Å². The van der Waals surface area contributed by atoms with Crippen LogP contribution in [0.3, 0.4) is 0 Å². The lowest BCUT2D eigenvalue weighted by Gasteiger charge is -2.18. The lowest BCUT2D eigenvalue weighted by Crippen LogP contribution is -2.29. The lowest BCUT2D eigenvalue weighted by molar-refractivity contribution is -0.120. The van der Waals surface area contributed by atoms with Gasteiger partial charge in [0.25, 0.3) is 0 Å². The molecule has 2 aromatic rings. The van der Waals surface area contributed by atoms with Crippen LogP contribution in [0.2, 0.25) is 0 Å². The summed E-state index contributed by atoms with van der Waals surface area (Å²) in [6, 6.07) is 17.1. The molecule has 3 rings (SSSR count). The van der Waals surface area contributed by atoms with E-state index in [1.54, 1.807) is 0 Å². The summed E-state index contributed by atoms with van der Waals surface area (Å²) < 4.78 is 5.89. The highest BCUT2D eigenvalue weighted by Crippen LogP contribution is 2.34. The van der Waals surface area contributed by atoms with Crippen LogP contribution in [0.4, 0.5) is 5.69 Å². The molecule has 128 valence electrons. The number of halogens is 1. The maximum Gasteiger partial charge on any atom is 0.227 e. The first-order valence-corrected chi connectivity index (χ1v) is 8.11. The number of nitrogens with two attached hydrogens (primary N) is 1. The molecule has 2 aromatic carbocycles. The lowest BCUT2D eigenvalue weighted by atomic mass is 9.95. The molecule has 2 atom stereocenters. The molecule has 0 aliphatic heterocycles. The zero-order chi connectivity index (χ0) is 16.1. The van der Waals surface area contributed by atoms with E-state index in [2.05, 4.69) is 5.32 Å². The minimum atomic E-state index is 0. The molecule has 0 spiro atoms. The predicted octanol–water partition coefficient (Wildman–Crippen LogP) is 4.21. The third-order valence-corrected chi connectivity index (χ3v) is 4.41. The van der Waals surface area contributed by atoms with Crippen molar-refractivity contribution in [3.05, 3.63) is 54.6 Å². The molecule has 5 heteroatoms. The van der Waals surface area contributed by atoms with Gasteiger partial charge in [0.05, 0.1) is 5.69 Å².